The summed E-state index contributed by atoms with van der Waals surface area (Å²) >= 11 is 0. The lowest BCUT2D eigenvalue weighted by molar-refractivity contribution is 0.00940. The molecule has 0 unspecified atom stereocenters. The molecule has 2 aromatic heterocycles. The van der Waals surface area contributed by atoms with Crippen molar-refractivity contribution in [1.29, 1.82) is 0 Å². The highest BCUT2D eigenvalue weighted by Crippen LogP contribution is 2.24. The van der Waals surface area contributed by atoms with Crippen LogP contribution in [0.2, 0.25) is 0 Å². The van der Waals surface area contributed by atoms with E-state index in [1.54, 1.807) is 18.5 Å². The van der Waals surface area contributed by atoms with Gasteiger partial charge >= 0.3 is 0 Å². The van der Waals surface area contributed by atoms with Gasteiger partial charge in [-0.2, -0.15) is 5.10 Å². The van der Waals surface area contributed by atoms with Crippen molar-refractivity contribution in [1.82, 2.24) is 25.5 Å². The second kappa shape index (κ2) is 6.45. The summed E-state index contributed by atoms with van der Waals surface area (Å²) in [6.45, 7) is 1.15. The monoisotopic (exact) mass is 287 g/mol. The molecule has 0 aliphatic carbocycles. The quantitative estimate of drug-likeness (QED) is 0.886. The Hall–Kier alpha value is -2.28. The molecule has 0 bridgehead atoms. The van der Waals surface area contributed by atoms with E-state index in [0.717, 1.165) is 37.3 Å². The van der Waals surface area contributed by atoms with E-state index in [4.69, 9.17) is 4.74 Å². The molecule has 3 rings (SSSR count). The smallest absolute Gasteiger partial charge is 0.269 e. The third-order valence-electron chi connectivity index (χ3n) is 3.39. The van der Waals surface area contributed by atoms with Gasteiger partial charge in [0.15, 0.2) is 5.82 Å². The van der Waals surface area contributed by atoms with Gasteiger partial charge in [-0.15, -0.1) is 0 Å². The Morgan fingerprint density at radius 3 is 2.90 bits per heavy atom. The van der Waals surface area contributed by atoms with Gasteiger partial charge in [0.05, 0.1) is 0 Å². The molecular weight excluding hydrogens is 270 g/mol. The van der Waals surface area contributed by atoms with E-state index >= 15 is 0 Å². The first kappa shape index (κ1) is 13.7. The lowest BCUT2D eigenvalue weighted by Gasteiger charge is -2.21. The molecule has 2 aromatic rings. The highest BCUT2D eigenvalue weighted by atomic mass is 16.5. The van der Waals surface area contributed by atoms with Crippen molar-refractivity contribution >= 4 is 5.91 Å². The fourth-order valence-corrected chi connectivity index (χ4v) is 2.23. The lowest BCUT2D eigenvalue weighted by atomic mass is 10.1. The first-order valence-electron chi connectivity index (χ1n) is 7.03. The van der Waals surface area contributed by atoms with Crippen molar-refractivity contribution in [3.8, 4) is 0 Å². The second-order valence-corrected chi connectivity index (χ2v) is 4.96. The number of hydrogen-bond acceptors (Lipinski definition) is 5. The Morgan fingerprint density at radius 2 is 2.24 bits per heavy atom. The van der Waals surface area contributed by atoms with Gasteiger partial charge in [-0.25, -0.2) is 9.97 Å². The van der Waals surface area contributed by atoms with Gasteiger partial charge in [0.2, 0.25) is 0 Å². The normalized spacial score (nSPS) is 18.4. The Balaban J connectivity index is 1.55. The number of rotatable bonds is 4. The fraction of sp³-hybridized carbons (Fsp3) is 0.429. The van der Waals surface area contributed by atoms with E-state index in [0.29, 0.717) is 12.2 Å². The Kier molecular flexibility index (Phi) is 4.20. The van der Waals surface area contributed by atoms with Crippen LogP contribution in [0.5, 0.6) is 0 Å². The SMILES string of the molecule is O=C(NCc1cnc([C@@H]2CCCCO2)nc1)c1ccn[nH]1. The molecule has 1 saturated heterocycles. The van der Waals surface area contributed by atoms with E-state index in [1.165, 1.54) is 6.20 Å². The van der Waals surface area contributed by atoms with Crippen molar-refractivity contribution in [3.63, 3.8) is 0 Å². The van der Waals surface area contributed by atoms with E-state index in [2.05, 4.69) is 25.5 Å². The molecule has 0 saturated carbocycles. The maximum Gasteiger partial charge on any atom is 0.269 e. The molecule has 7 heteroatoms. The van der Waals surface area contributed by atoms with Crippen molar-refractivity contribution in [2.75, 3.05) is 6.61 Å². The molecule has 0 radical (unpaired) electrons. The predicted octanol–water partition coefficient (Wildman–Crippen LogP) is 1.37. The van der Waals surface area contributed by atoms with Crippen LogP contribution in [0.4, 0.5) is 0 Å². The first-order chi connectivity index (χ1) is 10.3. The number of carbonyl (C=O) groups is 1. The van der Waals surface area contributed by atoms with Crippen LogP contribution >= 0.6 is 0 Å². The summed E-state index contributed by atoms with van der Waals surface area (Å²) < 4.78 is 5.65. The molecule has 1 atom stereocenters. The van der Waals surface area contributed by atoms with Crippen LogP contribution in [0, 0.1) is 0 Å². The molecule has 1 aliphatic rings. The maximum absolute atomic E-state index is 11.8. The van der Waals surface area contributed by atoms with Crippen LogP contribution < -0.4 is 5.32 Å². The maximum atomic E-state index is 11.8. The van der Waals surface area contributed by atoms with Gasteiger partial charge in [0, 0.05) is 37.3 Å². The minimum atomic E-state index is -0.202. The largest absolute Gasteiger partial charge is 0.370 e. The van der Waals surface area contributed by atoms with Crippen LogP contribution in [0.15, 0.2) is 24.7 Å². The summed E-state index contributed by atoms with van der Waals surface area (Å²) in [7, 11) is 0. The zero-order valence-corrected chi connectivity index (χ0v) is 11.6. The van der Waals surface area contributed by atoms with Gasteiger partial charge < -0.3 is 10.1 Å². The average Bonchev–Trinajstić information content (AvgIpc) is 3.08. The van der Waals surface area contributed by atoms with Crippen LogP contribution in [0.1, 0.15) is 47.2 Å². The Bertz CT molecular complexity index is 576. The number of ether oxygens (including phenoxy) is 1. The van der Waals surface area contributed by atoms with Crippen molar-refractivity contribution in [3.05, 3.63) is 41.7 Å². The highest BCUT2D eigenvalue weighted by Gasteiger charge is 2.18. The molecule has 1 amide bonds. The minimum absolute atomic E-state index is 0.00684. The summed E-state index contributed by atoms with van der Waals surface area (Å²) in [6, 6.07) is 1.62. The van der Waals surface area contributed by atoms with E-state index in [1.807, 2.05) is 0 Å². The first-order valence-corrected chi connectivity index (χ1v) is 7.03. The Morgan fingerprint density at radius 1 is 1.38 bits per heavy atom. The van der Waals surface area contributed by atoms with Gasteiger partial charge in [0.25, 0.3) is 5.91 Å². The zero-order valence-electron chi connectivity index (χ0n) is 11.6. The number of carbonyl (C=O) groups excluding carboxylic acids is 1. The van der Waals surface area contributed by atoms with Crippen LogP contribution in [0.25, 0.3) is 0 Å². The number of amides is 1. The number of aromatic amines is 1. The number of H-pyrrole nitrogens is 1. The van der Waals surface area contributed by atoms with Gasteiger partial charge in [-0.3, -0.25) is 9.89 Å². The number of hydrogen-bond donors (Lipinski definition) is 2. The summed E-state index contributed by atoms with van der Waals surface area (Å²) in [5.74, 6) is 0.519. The summed E-state index contributed by atoms with van der Waals surface area (Å²) in [5.41, 5.74) is 1.28. The van der Waals surface area contributed by atoms with Crippen molar-refractivity contribution in [2.45, 2.75) is 31.9 Å². The third kappa shape index (κ3) is 3.43. The molecule has 110 valence electrons. The van der Waals surface area contributed by atoms with Crippen molar-refractivity contribution in [2.24, 2.45) is 0 Å². The Labute approximate surface area is 122 Å². The summed E-state index contributed by atoms with van der Waals surface area (Å²) in [5, 5.41) is 9.13. The molecule has 1 aliphatic heterocycles. The number of aromatic nitrogens is 4. The minimum Gasteiger partial charge on any atom is -0.370 e. The summed E-state index contributed by atoms with van der Waals surface area (Å²) in [6.07, 6.45) is 8.23. The number of nitrogens with one attached hydrogen (secondary N) is 2. The molecule has 7 nitrogen and oxygen atoms in total. The molecular formula is C14H17N5O2. The fourth-order valence-electron chi connectivity index (χ4n) is 2.23. The van der Waals surface area contributed by atoms with E-state index in [-0.39, 0.29) is 12.0 Å². The van der Waals surface area contributed by atoms with Gasteiger partial charge in [-0.05, 0) is 25.3 Å². The third-order valence-corrected chi connectivity index (χ3v) is 3.39. The lowest BCUT2D eigenvalue weighted by Crippen LogP contribution is -2.23. The van der Waals surface area contributed by atoms with Gasteiger partial charge in [-0.1, -0.05) is 0 Å². The average molecular weight is 287 g/mol. The molecule has 0 aromatic carbocycles. The van der Waals surface area contributed by atoms with Gasteiger partial charge in [0.1, 0.15) is 11.8 Å². The van der Waals surface area contributed by atoms with Crippen LogP contribution in [-0.2, 0) is 11.3 Å². The van der Waals surface area contributed by atoms with Crippen LogP contribution in [-0.4, -0.2) is 32.7 Å². The molecule has 3 heterocycles. The molecule has 2 N–H and O–H groups in total. The van der Waals surface area contributed by atoms with Crippen molar-refractivity contribution < 1.29 is 9.53 Å². The topological polar surface area (TPSA) is 92.8 Å². The molecule has 1 fully saturated rings. The molecule has 0 spiro atoms. The zero-order chi connectivity index (χ0) is 14.5. The van der Waals surface area contributed by atoms with E-state index < -0.39 is 0 Å². The van der Waals surface area contributed by atoms with Crippen LogP contribution in [0.3, 0.4) is 0 Å². The number of nitrogens with zero attached hydrogens (tertiary/aromatic N) is 3. The standard InChI is InChI=1S/C14H17N5O2/c20-14(11-4-5-18-19-11)17-9-10-7-15-13(16-8-10)12-3-1-2-6-21-12/h4-5,7-8,12H,1-3,6,9H2,(H,17,20)(H,18,19)/t12-/m0/s1. The summed E-state index contributed by atoms with van der Waals surface area (Å²) in [4.78, 5) is 20.4. The van der Waals surface area contributed by atoms with E-state index in [9.17, 15) is 4.79 Å². The molecule has 21 heavy (non-hydrogen) atoms. The highest BCUT2D eigenvalue weighted by molar-refractivity contribution is 5.91. The second-order valence-electron chi connectivity index (χ2n) is 4.96. The predicted molar refractivity (Wildman–Crippen MR) is 74.3 cm³/mol.